The van der Waals surface area contributed by atoms with Gasteiger partial charge in [0.1, 0.15) is 5.75 Å². The summed E-state index contributed by atoms with van der Waals surface area (Å²) in [6.07, 6.45) is 1.38. The van der Waals surface area contributed by atoms with Gasteiger partial charge in [0.05, 0.1) is 18.6 Å². The molecule has 0 radical (unpaired) electrons. The number of nitrogens with zero attached hydrogens (tertiary/aromatic N) is 1. The summed E-state index contributed by atoms with van der Waals surface area (Å²) < 4.78 is 31.3. The smallest absolute Gasteiger partial charge is 0.313 e. The zero-order valence-electron chi connectivity index (χ0n) is 16.4. The minimum atomic E-state index is -3.40. The molecule has 0 unspecified atom stereocenters. The van der Waals surface area contributed by atoms with Crippen molar-refractivity contribution in [1.82, 2.24) is 5.32 Å². The Balaban J connectivity index is 1.66. The van der Waals surface area contributed by atoms with Crippen LogP contribution < -0.4 is 19.7 Å². The summed E-state index contributed by atoms with van der Waals surface area (Å²) in [7, 11) is -1.98. The van der Waals surface area contributed by atoms with Crippen LogP contribution in [-0.4, -0.2) is 39.6 Å². The first kappa shape index (κ1) is 21.9. The number of nitrogens with one attached hydrogen (secondary N) is 2. The summed E-state index contributed by atoms with van der Waals surface area (Å²) in [6, 6.07) is 11.5. The fourth-order valence-electron chi connectivity index (χ4n) is 3.07. The monoisotopic (exact) mass is 451 g/mol. The summed E-state index contributed by atoms with van der Waals surface area (Å²) in [6.45, 7) is 0.552. The maximum atomic E-state index is 12.4. The maximum Gasteiger partial charge on any atom is 0.313 e. The normalized spacial score (nSPS) is 15.3. The van der Waals surface area contributed by atoms with Gasteiger partial charge in [0, 0.05) is 29.9 Å². The second kappa shape index (κ2) is 9.36. The molecule has 3 rings (SSSR count). The topological polar surface area (TPSA) is 105 Å². The molecule has 2 aromatic rings. The van der Waals surface area contributed by atoms with Gasteiger partial charge in [-0.3, -0.25) is 13.9 Å². The Bertz CT molecular complexity index is 1040. The number of amides is 2. The van der Waals surface area contributed by atoms with Crippen LogP contribution in [0.5, 0.6) is 5.75 Å². The molecule has 1 saturated heterocycles. The second-order valence-corrected chi connectivity index (χ2v) is 9.19. The van der Waals surface area contributed by atoms with Crippen molar-refractivity contribution in [1.29, 1.82) is 0 Å². The summed E-state index contributed by atoms with van der Waals surface area (Å²) in [5.41, 5.74) is 1.52. The van der Waals surface area contributed by atoms with Crippen molar-refractivity contribution in [2.75, 3.05) is 29.0 Å². The van der Waals surface area contributed by atoms with Gasteiger partial charge in [-0.1, -0.05) is 23.7 Å². The van der Waals surface area contributed by atoms with Crippen LogP contribution in [0.4, 0.5) is 11.4 Å². The first-order chi connectivity index (χ1) is 14.3. The lowest BCUT2D eigenvalue weighted by atomic mass is 10.2. The molecule has 1 heterocycles. The lowest BCUT2D eigenvalue weighted by Gasteiger charge is -2.29. The van der Waals surface area contributed by atoms with Gasteiger partial charge in [-0.05, 0) is 42.7 Å². The van der Waals surface area contributed by atoms with Crippen molar-refractivity contribution in [3.05, 3.63) is 53.1 Å². The number of ether oxygens (including phenoxy) is 1. The number of carbonyl (C=O) groups excluding carboxylic acids is 2. The molecule has 1 aliphatic rings. The number of sulfonamides is 1. The van der Waals surface area contributed by atoms with E-state index in [1.807, 2.05) is 0 Å². The van der Waals surface area contributed by atoms with Crippen molar-refractivity contribution >= 4 is 44.8 Å². The van der Waals surface area contributed by atoms with Crippen LogP contribution in [0.3, 0.4) is 0 Å². The number of hydrogen-bond donors (Lipinski definition) is 2. The van der Waals surface area contributed by atoms with Gasteiger partial charge in [-0.15, -0.1) is 0 Å². The van der Waals surface area contributed by atoms with Gasteiger partial charge in [-0.25, -0.2) is 8.42 Å². The van der Waals surface area contributed by atoms with E-state index < -0.39 is 21.8 Å². The highest BCUT2D eigenvalue weighted by atomic mass is 35.5. The Kier molecular flexibility index (Phi) is 6.84. The summed E-state index contributed by atoms with van der Waals surface area (Å²) >= 11 is 5.82. The zero-order chi connectivity index (χ0) is 21.7. The van der Waals surface area contributed by atoms with E-state index in [9.17, 15) is 18.0 Å². The van der Waals surface area contributed by atoms with Crippen LogP contribution in [0.25, 0.3) is 0 Å². The molecule has 2 aromatic carbocycles. The van der Waals surface area contributed by atoms with E-state index in [1.54, 1.807) is 30.3 Å². The molecule has 1 aliphatic heterocycles. The van der Waals surface area contributed by atoms with Crippen molar-refractivity contribution < 1.29 is 22.7 Å². The van der Waals surface area contributed by atoms with E-state index in [4.69, 9.17) is 16.3 Å². The van der Waals surface area contributed by atoms with Gasteiger partial charge >= 0.3 is 11.8 Å². The number of rotatable bonds is 5. The van der Waals surface area contributed by atoms with Crippen LogP contribution in [0, 0.1) is 0 Å². The van der Waals surface area contributed by atoms with Gasteiger partial charge in [0.2, 0.25) is 10.0 Å². The third kappa shape index (κ3) is 5.22. The summed E-state index contributed by atoms with van der Waals surface area (Å²) in [5.74, 6) is -1.27. The number of anilines is 2. The van der Waals surface area contributed by atoms with E-state index in [-0.39, 0.29) is 12.3 Å². The van der Waals surface area contributed by atoms with Gasteiger partial charge < -0.3 is 15.4 Å². The third-order valence-electron chi connectivity index (χ3n) is 4.63. The maximum absolute atomic E-state index is 12.4. The predicted molar refractivity (Wildman–Crippen MR) is 115 cm³/mol. The Morgan fingerprint density at radius 3 is 2.50 bits per heavy atom. The molecule has 30 heavy (non-hydrogen) atoms. The van der Waals surface area contributed by atoms with E-state index in [0.717, 1.165) is 12.0 Å². The average molecular weight is 452 g/mol. The zero-order valence-corrected chi connectivity index (χ0v) is 17.9. The van der Waals surface area contributed by atoms with E-state index >= 15 is 0 Å². The molecule has 10 heteroatoms. The van der Waals surface area contributed by atoms with E-state index in [0.29, 0.717) is 35.1 Å². The van der Waals surface area contributed by atoms with Crippen LogP contribution in [-0.2, 0) is 26.2 Å². The number of methoxy groups -OCH3 is 1. The molecule has 0 spiro atoms. The molecular weight excluding hydrogens is 430 g/mol. The standard InChI is InChI=1S/C20H22ClN3O5S/c1-29-18-12-16(8-9-17(18)24-10-2-3-11-30(24,27)28)23-20(26)19(25)22-13-14-4-6-15(21)7-5-14/h4-9,12H,2-3,10-11,13H2,1H3,(H,22,25)(H,23,26). The molecule has 0 saturated carbocycles. The number of benzene rings is 2. The number of carbonyl (C=O) groups is 2. The van der Waals surface area contributed by atoms with Crippen LogP contribution in [0.2, 0.25) is 5.02 Å². The fourth-order valence-corrected chi connectivity index (χ4v) is 4.85. The third-order valence-corrected chi connectivity index (χ3v) is 6.74. The van der Waals surface area contributed by atoms with Gasteiger partial charge in [0.15, 0.2) is 0 Å². The molecule has 0 bridgehead atoms. The molecule has 2 amide bonds. The van der Waals surface area contributed by atoms with Crippen LogP contribution in [0.1, 0.15) is 18.4 Å². The van der Waals surface area contributed by atoms with Gasteiger partial charge in [-0.2, -0.15) is 0 Å². The molecule has 160 valence electrons. The second-order valence-electron chi connectivity index (χ2n) is 6.75. The predicted octanol–water partition coefficient (Wildman–Crippen LogP) is 2.53. The highest BCUT2D eigenvalue weighted by molar-refractivity contribution is 7.92. The van der Waals surface area contributed by atoms with E-state index in [2.05, 4.69) is 10.6 Å². The Morgan fingerprint density at radius 2 is 1.83 bits per heavy atom. The molecule has 8 nitrogen and oxygen atoms in total. The lowest BCUT2D eigenvalue weighted by Crippen LogP contribution is -2.38. The van der Waals surface area contributed by atoms with E-state index in [1.165, 1.54) is 23.5 Å². The average Bonchev–Trinajstić information content (AvgIpc) is 2.73. The number of hydrogen-bond acceptors (Lipinski definition) is 5. The Labute approximate surface area is 180 Å². The molecule has 0 aromatic heterocycles. The molecule has 0 aliphatic carbocycles. The van der Waals surface area contributed by atoms with Crippen molar-refractivity contribution in [2.24, 2.45) is 0 Å². The Hall–Kier alpha value is -2.78. The van der Waals surface area contributed by atoms with Crippen LogP contribution in [0.15, 0.2) is 42.5 Å². The SMILES string of the molecule is COc1cc(NC(=O)C(=O)NCc2ccc(Cl)cc2)ccc1N1CCCCS1(=O)=O. The summed E-state index contributed by atoms with van der Waals surface area (Å²) in [4.78, 5) is 24.3. The van der Waals surface area contributed by atoms with Crippen molar-refractivity contribution in [3.63, 3.8) is 0 Å². The highest BCUT2D eigenvalue weighted by Gasteiger charge is 2.28. The van der Waals surface area contributed by atoms with Gasteiger partial charge in [0.25, 0.3) is 0 Å². The lowest BCUT2D eigenvalue weighted by molar-refractivity contribution is -0.136. The summed E-state index contributed by atoms with van der Waals surface area (Å²) in [5, 5.41) is 5.60. The molecule has 1 fully saturated rings. The van der Waals surface area contributed by atoms with Crippen LogP contribution >= 0.6 is 11.6 Å². The highest BCUT2D eigenvalue weighted by Crippen LogP contribution is 2.34. The molecular formula is C20H22ClN3O5S. The van der Waals surface area contributed by atoms with Crippen molar-refractivity contribution in [2.45, 2.75) is 19.4 Å². The largest absolute Gasteiger partial charge is 0.494 e. The minimum absolute atomic E-state index is 0.0857. The first-order valence-corrected chi connectivity index (χ1v) is 11.3. The Morgan fingerprint density at radius 1 is 1.10 bits per heavy atom. The molecule has 0 atom stereocenters. The molecule has 2 N–H and O–H groups in total. The quantitative estimate of drug-likeness (QED) is 0.679. The fraction of sp³-hybridized carbons (Fsp3) is 0.300. The number of halogens is 1. The van der Waals surface area contributed by atoms with Crippen molar-refractivity contribution in [3.8, 4) is 5.75 Å². The minimum Gasteiger partial charge on any atom is -0.494 e. The first-order valence-electron chi connectivity index (χ1n) is 9.32.